The molecule has 3 heterocycles. The first-order valence-electron chi connectivity index (χ1n) is 6.01. The Labute approximate surface area is 101 Å². The van der Waals surface area contributed by atoms with Gasteiger partial charge in [0.15, 0.2) is 0 Å². The highest BCUT2D eigenvalue weighted by Crippen LogP contribution is 2.26. The summed E-state index contributed by atoms with van der Waals surface area (Å²) >= 11 is 0. The highest BCUT2D eigenvalue weighted by Gasteiger charge is 2.21. The molecule has 1 fully saturated rings. The van der Waals surface area contributed by atoms with E-state index in [4.69, 9.17) is 0 Å². The third-order valence-corrected chi connectivity index (χ3v) is 3.30. The number of aryl methyl sites for hydroxylation is 1. The molecule has 0 radical (unpaired) electrons. The molecule has 0 bridgehead atoms. The van der Waals surface area contributed by atoms with E-state index >= 15 is 0 Å². The van der Waals surface area contributed by atoms with Crippen LogP contribution in [0.1, 0.15) is 18.2 Å². The molecule has 1 atom stereocenters. The van der Waals surface area contributed by atoms with Crippen molar-refractivity contribution < 1.29 is 0 Å². The van der Waals surface area contributed by atoms with Gasteiger partial charge in [-0.15, -0.1) is 0 Å². The van der Waals surface area contributed by atoms with E-state index in [-0.39, 0.29) is 0 Å². The summed E-state index contributed by atoms with van der Waals surface area (Å²) in [6.45, 7) is 4.24. The SMILES string of the molecule is Cc1cnc(-c2cccnc2)n1[C@@H]1CCNC1. The first-order chi connectivity index (χ1) is 8.36. The highest BCUT2D eigenvalue weighted by atomic mass is 15.1. The van der Waals surface area contributed by atoms with Crippen LogP contribution in [0.3, 0.4) is 0 Å². The average Bonchev–Trinajstić information content (AvgIpc) is 2.99. The minimum atomic E-state index is 0.521. The van der Waals surface area contributed by atoms with Crippen molar-refractivity contribution >= 4 is 0 Å². The average molecular weight is 228 g/mol. The van der Waals surface area contributed by atoms with E-state index in [2.05, 4.69) is 32.8 Å². The van der Waals surface area contributed by atoms with Crippen molar-refractivity contribution in [3.63, 3.8) is 0 Å². The van der Waals surface area contributed by atoms with Crippen LogP contribution < -0.4 is 5.32 Å². The number of nitrogens with zero attached hydrogens (tertiary/aromatic N) is 3. The fourth-order valence-corrected chi connectivity index (χ4v) is 2.48. The maximum Gasteiger partial charge on any atom is 0.141 e. The van der Waals surface area contributed by atoms with E-state index in [1.165, 1.54) is 12.1 Å². The predicted octanol–water partition coefficient (Wildman–Crippen LogP) is 1.79. The molecule has 1 aliphatic heterocycles. The van der Waals surface area contributed by atoms with E-state index in [0.717, 1.165) is 24.5 Å². The van der Waals surface area contributed by atoms with Gasteiger partial charge in [-0.05, 0) is 32.0 Å². The van der Waals surface area contributed by atoms with Gasteiger partial charge >= 0.3 is 0 Å². The van der Waals surface area contributed by atoms with Crippen LogP contribution in [0.5, 0.6) is 0 Å². The minimum Gasteiger partial charge on any atom is -0.324 e. The van der Waals surface area contributed by atoms with Gasteiger partial charge in [0.05, 0.1) is 0 Å². The van der Waals surface area contributed by atoms with Gasteiger partial charge in [-0.2, -0.15) is 0 Å². The first-order valence-corrected chi connectivity index (χ1v) is 6.01. The van der Waals surface area contributed by atoms with Crippen molar-refractivity contribution in [1.29, 1.82) is 0 Å². The second-order valence-electron chi connectivity index (χ2n) is 4.48. The maximum atomic E-state index is 4.53. The zero-order valence-corrected chi connectivity index (χ0v) is 9.93. The number of pyridine rings is 1. The molecule has 17 heavy (non-hydrogen) atoms. The normalized spacial score (nSPS) is 19.7. The Bertz CT molecular complexity index is 497. The van der Waals surface area contributed by atoms with Crippen LogP contribution in [0.25, 0.3) is 11.4 Å². The van der Waals surface area contributed by atoms with Crippen molar-refractivity contribution in [2.45, 2.75) is 19.4 Å². The molecule has 0 unspecified atom stereocenters. The van der Waals surface area contributed by atoms with Crippen LogP contribution in [-0.2, 0) is 0 Å². The number of nitrogens with one attached hydrogen (secondary N) is 1. The summed E-state index contributed by atoms with van der Waals surface area (Å²) in [6.07, 6.45) is 6.78. The Morgan fingerprint density at radius 2 is 2.35 bits per heavy atom. The fourth-order valence-electron chi connectivity index (χ4n) is 2.48. The zero-order chi connectivity index (χ0) is 11.7. The third-order valence-electron chi connectivity index (χ3n) is 3.30. The van der Waals surface area contributed by atoms with Crippen LogP contribution in [0.15, 0.2) is 30.7 Å². The van der Waals surface area contributed by atoms with Crippen molar-refractivity contribution in [1.82, 2.24) is 19.9 Å². The molecule has 0 aromatic carbocycles. The molecule has 4 nitrogen and oxygen atoms in total. The van der Waals surface area contributed by atoms with Gasteiger partial charge < -0.3 is 9.88 Å². The molecule has 88 valence electrons. The standard InChI is InChI=1S/C13H16N4/c1-10-7-16-13(11-3-2-5-14-8-11)17(10)12-4-6-15-9-12/h2-3,5,7-8,12,15H,4,6,9H2,1H3/t12-/m1/s1. The van der Waals surface area contributed by atoms with Crippen molar-refractivity contribution in [3.8, 4) is 11.4 Å². The van der Waals surface area contributed by atoms with Crippen LogP contribution in [-0.4, -0.2) is 27.6 Å². The van der Waals surface area contributed by atoms with Crippen LogP contribution in [0, 0.1) is 6.92 Å². The molecule has 1 N–H and O–H groups in total. The summed E-state index contributed by atoms with van der Waals surface area (Å²) in [4.78, 5) is 8.69. The highest BCUT2D eigenvalue weighted by molar-refractivity contribution is 5.54. The van der Waals surface area contributed by atoms with Gasteiger partial charge in [0, 0.05) is 42.4 Å². The van der Waals surface area contributed by atoms with Crippen molar-refractivity contribution in [2.75, 3.05) is 13.1 Å². The molecule has 2 aromatic heterocycles. The minimum absolute atomic E-state index is 0.521. The summed E-state index contributed by atoms with van der Waals surface area (Å²) in [6, 6.07) is 4.54. The van der Waals surface area contributed by atoms with Gasteiger partial charge in [0.2, 0.25) is 0 Å². The van der Waals surface area contributed by atoms with E-state index < -0.39 is 0 Å². The molecule has 1 aliphatic rings. The monoisotopic (exact) mass is 228 g/mol. The van der Waals surface area contributed by atoms with Crippen LogP contribution in [0.4, 0.5) is 0 Å². The Kier molecular flexibility index (Phi) is 2.65. The van der Waals surface area contributed by atoms with Gasteiger partial charge in [-0.1, -0.05) is 0 Å². The largest absolute Gasteiger partial charge is 0.324 e. The molecule has 2 aromatic rings. The Balaban J connectivity index is 2.06. The molecule has 0 amide bonds. The summed E-state index contributed by atoms with van der Waals surface area (Å²) in [7, 11) is 0. The van der Waals surface area contributed by atoms with Gasteiger partial charge in [-0.3, -0.25) is 4.98 Å². The molecular weight excluding hydrogens is 212 g/mol. The van der Waals surface area contributed by atoms with Crippen LogP contribution >= 0.6 is 0 Å². The van der Waals surface area contributed by atoms with Gasteiger partial charge in [0.1, 0.15) is 5.82 Å². The Morgan fingerprint density at radius 1 is 1.41 bits per heavy atom. The van der Waals surface area contributed by atoms with E-state index in [1.807, 2.05) is 18.5 Å². The van der Waals surface area contributed by atoms with E-state index in [1.54, 1.807) is 6.20 Å². The smallest absolute Gasteiger partial charge is 0.141 e. The molecule has 4 heteroatoms. The lowest BCUT2D eigenvalue weighted by molar-refractivity contribution is 0.541. The number of hydrogen-bond acceptors (Lipinski definition) is 3. The van der Waals surface area contributed by atoms with Crippen molar-refractivity contribution in [2.24, 2.45) is 0 Å². The molecule has 1 saturated heterocycles. The molecule has 0 aliphatic carbocycles. The van der Waals surface area contributed by atoms with Gasteiger partial charge in [0.25, 0.3) is 0 Å². The first kappa shape index (κ1) is 10.5. The number of hydrogen-bond donors (Lipinski definition) is 1. The van der Waals surface area contributed by atoms with Gasteiger partial charge in [-0.25, -0.2) is 4.98 Å². The second-order valence-corrected chi connectivity index (χ2v) is 4.48. The summed E-state index contributed by atoms with van der Waals surface area (Å²) in [5.74, 6) is 1.03. The fraction of sp³-hybridized carbons (Fsp3) is 0.385. The molecular formula is C13H16N4. The number of aromatic nitrogens is 3. The molecule has 0 spiro atoms. The van der Waals surface area contributed by atoms with Crippen molar-refractivity contribution in [3.05, 3.63) is 36.4 Å². The Hall–Kier alpha value is -1.68. The van der Waals surface area contributed by atoms with Crippen LogP contribution in [0.2, 0.25) is 0 Å². The lowest BCUT2D eigenvalue weighted by atomic mass is 10.2. The second kappa shape index (κ2) is 4.30. The number of rotatable bonds is 2. The summed E-state index contributed by atoms with van der Waals surface area (Å²) in [5.41, 5.74) is 2.31. The lowest BCUT2D eigenvalue weighted by Gasteiger charge is -2.16. The Morgan fingerprint density at radius 3 is 3.06 bits per heavy atom. The lowest BCUT2D eigenvalue weighted by Crippen LogP contribution is -2.15. The van der Waals surface area contributed by atoms with E-state index in [0.29, 0.717) is 6.04 Å². The topological polar surface area (TPSA) is 42.7 Å². The predicted molar refractivity (Wildman–Crippen MR) is 66.7 cm³/mol. The zero-order valence-electron chi connectivity index (χ0n) is 9.93. The quantitative estimate of drug-likeness (QED) is 0.852. The third kappa shape index (κ3) is 1.85. The maximum absolute atomic E-state index is 4.53. The number of imidazole rings is 1. The van der Waals surface area contributed by atoms with E-state index in [9.17, 15) is 0 Å². The molecule has 0 saturated carbocycles. The summed E-state index contributed by atoms with van der Waals surface area (Å²) in [5, 5.41) is 3.40. The molecule has 3 rings (SSSR count). The summed E-state index contributed by atoms with van der Waals surface area (Å²) < 4.78 is 2.33.